The van der Waals surface area contributed by atoms with Crippen LogP contribution in [-0.4, -0.2) is 27.7 Å². The molecule has 0 bridgehead atoms. The maximum Gasteiger partial charge on any atom is 0.402 e. The van der Waals surface area contributed by atoms with Crippen LogP contribution in [0.15, 0.2) is 24.3 Å². The lowest BCUT2D eigenvalue weighted by Crippen LogP contribution is -2.37. The second kappa shape index (κ2) is 7.62. The van der Waals surface area contributed by atoms with E-state index in [1.807, 2.05) is 6.92 Å². The first-order valence-electron chi connectivity index (χ1n) is 6.35. The third-order valence-corrected chi connectivity index (χ3v) is 3.43. The average Bonchev–Trinajstić information content (AvgIpc) is 2.36. The molecule has 120 valence electrons. The van der Waals surface area contributed by atoms with Crippen LogP contribution in [-0.2, 0) is 16.8 Å². The standard InChI is InChI=1S/C12H18F3N3O2S/c1-2-6-16-8-10-4-3-5-11(7-10)18-21(19,20)17-9-12(13,14)15/h3-5,7,16-18H,2,6,8-9H2,1H3. The molecule has 0 amide bonds. The minimum absolute atomic E-state index is 0.209. The average molecular weight is 325 g/mol. The maximum atomic E-state index is 12.0. The van der Waals surface area contributed by atoms with Crippen LogP contribution in [0.4, 0.5) is 18.9 Å². The van der Waals surface area contributed by atoms with Crippen LogP contribution < -0.4 is 14.8 Å². The van der Waals surface area contributed by atoms with Crippen molar-refractivity contribution in [3.05, 3.63) is 29.8 Å². The van der Waals surface area contributed by atoms with Gasteiger partial charge in [-0.1, -0.05) is 19.1 Å². The molecule has 0 saturated carbocycles. The predicted octanol–water partition coefficient (Wildman–Crippen LogP) is 1.99. The molecular weight excluding hydrogens is 307 g/mol. The SMILES string of the molecule is CCCNCc1cccc(NS(=O)(=O)NCC(F)(F)F)c1. The fourth-order valence-electron chi connectivity index (χ4n) is 1.52. The van der Waals surface area contributed by atoms with Crippen molar-refractivity contribution in [3.63, 3.8) is 0 Å². The summed E-state index contributed by atoms with van der Waals surface area (Å²) in [5.74, 6) is 0. The van der Waals surface area contributed by atoms with Gasteiger partial charge in [-0.05, 0) is 30.7 Å². The molecule has 9 heteroatoms. The van der Waals surface area contributed by atoms with E-state index in [1.54, 1.807) is 18.2 Å². The number of nitrogens with one attached hydrogen (secondary N) is 3. The van der Waals surface area contributed by atoms with Gasteiger partial charge in [0.1, 0.15) is 6.54 Å². The van der Waals surface area contributed by atoms with Crippen molar-refractivity contribution in [1.29, 1.82) is 0 Å². The van der Waals surface area contributed by atoms with Gasteiger partial charge in [-0.25, -0.2) is 0 Å². The topological polar surface area (TPSA) is 70.2 Å². The lowest BCUT2D eigenvalue weighted by Gasteiger charge is -2.12. The summed E-state index contributed by atoms with van der Waals surface area (Å²) in [6, 6.07) is 6.46. The Balaban J connectivity index is 2.63. The zero-order valence-electron chi connectivity index (χ0n) is 11.5. The number of hydrogen-bond acceptors (Lipinski definition) is 3. The van der Waals surface area contributed by atoms with Gasteiger partial charge in [0.25, 0.3) is 10.2 Å². The minimum Gasteiger partial charge on any atom is -0.313 e. The molecule has 0 saturated heterocycles. The number of rotatable bonds is 8. The molecular formula is C12H18F3N3O2S. The van der Waals surface area contributed by atoms with Crippen LogP contribution in [0.2, 0.25) is 0 Å². The zero-order valence-corrected chi connectivity index (χ0v) is 12.3. The molecule has 21 heavy (non-hydrogen) atoms. The molecule has 1 aromatic rings. The Kier molecular flexibility index (Phi) is 6.43. The maximum absolute atomic E-state index is 12.0. The first-order chi connectivity index (χ1) is 9.72. The van der Waals surface area contributed by atoms with Crippen molar-refractivity contribution in [2.45, 2.75) is 26.1 Å². The lowest BCUT2D eigenvalue weighted by molar-refractivity contribution is -0.121. The summed E-state index contributed by atoms with van der Waals surface area (Å²) in [4.78, 5) is 0. The molecule has 0 unspecified atom stereocenters. The van der Waals surface area contributed by atoms with E-state index in [2.05, 4.69) is 10.0 Å². The third kappa shape index (κ3) is 7.88. The Morgan fingerprint density at radius 2 is 1.95 bits per heavy atom. The number of hydrogen-bond donors (Lipinski definition) is 3. The summed E-state index contributed by atoms with van der Waals surface area (Å²) in [6.45, 7) is 1.78. The summed E-state index contributed by atoms with van der Waals surface area (Å²) in [6.07, 6.45) is -3.63. The first-order valence-corrected chi connectivity index (χ1v) is 7.84. The Morgan fingerprint density at radius 1 is 1.24 bits per heavy atom. The molecule has 0 heterocycles. The molecule has 3 N–H and O–H groups in total. The van der Waals surface area contributed by atoms with E-state index >= 15 is 0 Å². The van der Waals surface area contributed by atoms with Crippen molar-refractivity contribution in [1.82, 2.24) is 10.0 Å². The van der Waals surface area contributed by atoms with E-state index in [0.717, 1.165) is 18.5 Å². The van der Waals surface area contributed by atoms with Crippen molar-refractivity contribution >= 4 is 15.9 Å². The van der Waals surface area contributed by atoms with Crippen LogP contribution in [0.25, 0.3) is 0 Å². The van der Waals surface area contributed by atoms with Gasteiger partial charge in [0.2, 0.25) is 0 Å². The number of alkyl halides is 3. The largest absolute Gasteiger partial charge is 0.402 e. The number of anilines is 1. The van der Waals surface area contributed by atoms with E-state index < -0.39 is 22.9 Å². The van der Waals surface area contributed by atoms with Crippen molar-refractivity contribution in [2.24, 2.45) is 0 Å². The molecule has 0 atom stereocenters. The Bertz CT molecular complexity index is 547. The Labute approximate surface area is 122 Å². The monoisotopic (exact) mass is 325 g/mol. The number of halogens is 3. The van der Waals surface area contributed by atoms with E-state index in [-0.39, 0.29) is 5.69 Å². The van der Waals surface area contributed by atoms with Gasteiger partial charge in [-0.15, -0.1) is 0 Å². The highest BCUT2D eigenvalue weighted by Crippen LogP contribution is 2.14. The molecule has 0 aliphatic carbocycles. The van der Waals surface area contributed by atoms with Crippen molar-refractivity contribution in [3.8, 4) is 0 Å². The zero-order chi connectivity index (χ0) is 15.9. The normalized spacial score (nSPS) is 12.4. The highest BCUT2D eigenvalue weighted by Gasteiger charge is 2.29. The molecule has 0 aliphatic heterocycles. The van der Waals surface area contributed by atoms with Gasteiger partial charge in [-0.2, -0.15) is 26.3 Å². The molecule has 0 radical (unpaired) electrons. The van der Waals surface area contributed by atoms with Gasteiger partial charge in [0, 0.05) is 6.54 Å². The van der Waals surface area contributed by atoms with Crippen LogP contribution in [0, 0.1) is 0 Å². The predicted molar refractivity (Wildman–Crippen MR) is 75.0 cm³/mol. The quantitative estimate of drug-likeness (QED) is 0.640. The minimum atomic E-state index is -4.60. The molecule has 0 fully saturated rings. The fraction of sp³-hybridized carbons (Fsp3) is 0.500. The molecule has 0 spiro atoms. The molecule has 0 aromatic heterocycles. The van der Waals surface area contributed by atoms with Crippen molar-refractivity contribution in [2.75, 3.05) is 17.8 Å². The lowest BCUT2D eigenvalue weighted by atomic mass is 10.2. The van der Waals surface area contributed by atoms with Gasteiger partial charge >= 0.3 is 6.18 Å². The second-order valence-corrected chi connectivity index (χ2v) is 5.92. The first kappa shape index (κ1) is 17.7. The summed E-state index contributed by atoms with van der Waals surface area (Å²) in [7, 11) is -4.25. The molecule has 5 nitrogen and oxygen atoms in total. The third-order valence-electron chi connectivity index (χ3n) is 2.40. The summed E-state index contributed by atoms with van der Waals surface area (Å²) in [5, 5.41) is 3.14. The van der Waals surface area contributed by atoms with E-state index in [4.69, 9.17) is 0 Å². The highest BCUT2D eigenvalue weighted by atomic mass is 32.2. The molecule has 0 aliphatic rings. The van der Waals surface area contributed by atoms with Gasteiger partial charge in [0.05, 0.1) is 5.69 Å². The van der Waals surface area contributed by atoms with Crippen LogP contribution >= 0.6 is 0 Å². The summed E-state index contributed by atoms with van der Waals surface area (Å²) in [5.41, 5.74) is 1.04. The molecule has 1 rings (SSSR count). The van der Waals surface area contributed by atoms with Gasteiger partial charge < -0.3 is 5.32 Å². The molecule has 1 aromatic carbocycles. The smallest absolute Gasteiger partial charge is 0.313 e. The second-order valence-electron chi connectivity index (χ2n) is 4.42. The van der Waals surface area contributed by atoms with E-state index in [1.165, 1.54) is 10.8 Å². The van der Waals surface area contributed by atoms with Crippen LogP contribution in [0.5, 0.6) is 0 Å². The Morgan fingerprint density at radius 3 is 2.57 bits per heavy atom. The summed E-state index contributed by atoms with van der Waals surface area (Å²) < 4.78 is 62.5. The fourth-order valence-corrected chi connectivity index (χ4v) is 2.39. The van der Waals surface area contributed by atoms with E-state index in [0.29, 0.717) is 6.54 Å². The highest BCUT2D eigenvalue weighted by molar-refractivity contribution is 7.90. The van der Waals surface area contributed by atoms with Gasteiger partial charge in [-0.3, -0.25) is 4.72 Å². The van der Waals surface area contributed by atoms with Crippen LogP contribution in [0.1, 0.15) is 18.9 Å². The van der Waals surface area contributed by atoms with E-state index in [9.17, 15) is 21.6 Å². The van der Waals surface area contributed by atoms with Crippen LogP contribution in [0.3, 0.4) is 0 Å². The van der Waals surface area contributed by atoms with Gasteiger partial charge in [0.15, 0.2) is 0 Å². The van der Waals surface area contributed by atoms with Crippen molar-refractivity contribution < 1.29 is 21.6 Å². The summed E-state index contributed by atoms with van der Waals surface area (Å²) >= 11 is 0. The Hall–Kier alpha value is -1.32. The number of benzene rings is 1.